The van der Waals surface area contributed by atoms with Crippen LogP contribution in [-0.2, 0) is 0 Å². The molecule has 0 saturated heterocycles. The summed E-state index contributed by atoms with van der Waals surface area (Å²) in [6.07, 6.45) is 1.61. The molecule has 0 spiro atoms. The van der Waals surface area contributed by atoms with Crippen molar-refractivity contribution in [1.29, 1.82) is 0 Å². The predicted octanol–water partition coefficient (Wildman–Crippen LogP) is 4.20. The van der Waals surface area contributed by atoms with Crippen LogP contribution in [0.3, 0.4) is 0 Å². The molecule has 0 aliphatic carbocycles. The summed E-state index contributed by atoms with van der Waals surface area (Å²) in [5.41, 5.74) is 1.89. The maximum atomic E-state index is 12.0. The third-order valence-corrected chi connectivity index (χ3v) is 3.42. The van der Waals surface area contributed by atoms with Crippen LogP contribution < -0.4 is 4.74 Å². The molecule has 1 N–H and O–H groups in total. The van der Waals surface area contributed by atoms with E-state index in [0.29, 0.717) is 17.4 Å². The monoisotopic (exact) mass is 320 g/mol. The number of ether oxygens (including phenoxy) is 1. The van der Waals surface area contributed by atoms with Crippen molar-refractivity contribution in [1.82, 2.24) is 0 Å². The van der Waals surface area contributed by atoms with E-state index < -0.39 is 12.1 Å². The molecule has 1 rings (SSSR count). The quantitative estimate of drug-likeness (QED) is 0.443. The highest BCUT2D eigenvalue weighted by atomic mass is 16.5. The van der Waals surface area contributed by atoms with Gasteiger partial charge in [0.2, 0.25) is 6.20 Å². The molecule has 1 aromatic carbocycles. The molecule has 0 aliphatic rings. The standard InChI is InChI=1S/C18H28N2O3/c1-6-23-18-9-7-16(8-10-18)17(11-13(2)3)12-20(22)19-14(4)15(5)21/h7-10,12-15,21H,6,11H2,1-5H3. The summed E-state index contributed by atoms with van der Waals surface area (Å²) < 4.78 is 5.44. The van der Waals surface area contributed by atoms with E-state index in [2.05, 4.69) is 19.0 Å². The smallest absolute Gasteiger partial charge is 0.213 e. The second kappa shape index (κ2) is 9.30. The molecule has 0 aliphatic heterocycles. The van der Waals surface area contributed by atoms with Crippen LogP contribution in [-0.4, -0.2) is 28.7 Å². The molecule has 5 nitrogen and oxygen atoms in total. The fourth-order valence-corrected chi connectivity index (χ4v) is 2.06. The third-order valence-electron chi connectivity index (χ3n) is 3.42. The molecule has 2 unspecified atom stereocenters. The van der Waals surface area contributed by atoms with Gasteiger partial charge in [-0.3, -0.25) is 0 Å². The van der Waals surface area contributed by atoms with Crippen molar-refractivity contribution in [2.24, 2.45) is 11.0 Å². The average Bonchev–Trinajstić information content (AvgIpc) is 2.47. The lowest BCUT2D eigenvalue weighted by atomic mass is 9.97. The summed E-state index contributed by atoms with van der Waals surface area (Å²) in [5, 5.41) is 25.4. The molecular formula is C18H28N2O3. The number of nitrogens with zero attached hydrogens (tertiary/aromatic N) is 2. The zero-order chi connectivity index (χ0) is 17.4. The first-order chi connectivity index (χ1) is 10.8. The molecule has 2 atom stereocenters. The van der Waals surface area contributed by atoms with E-state index in [1.165, 1.54) is 6.20 Å². The Morgan fingerprint density at radius 1 is 1.26 bits per heavy atom. The Hall–Kier alpha value is -1.88. The molecule has 0 aromatic heterocycles. The van der Waals surface area contributed by atoms with Gasteiger partial charge in [0.1, 0.15) is 11.8 Å². The van der Waals surface area contributed by atoms with E-state index in [1.54, 1.807) is 13.8 Å². The Morgan fingerprint density at radius 3 is 2.35 bits per heavy atom. The summed E-state index contributed by atoms with van der Waals surface area (Å²) in [7, 11) is 0. The van der Waals surface area contributed by atoms with Gasteiger partial charge < -0.3 is 15.1 Å². The van der Waals surface area contributed by atoms with Crippen molar-refractivity contribution >= 4 is 5.57 Å². The van der Waals surface area contributed by atoms with Crippen LogP contribution in [0.1, 0.15) is 46.6 Å². The van der Waals surface area contributed by atoms with Gasteiger partial charge in [-0.25, -0.2) is 0 Å². The molecule has 0 amide bonds. The SMILES string of the molecule is CCOc1ccc(C(=C[N+]([O-])=NC(C)C(C)O)CC(C)C)cc1. The van der Waals surface area contributed by atoms with E-state index in [0.717, 1.165) is 23.3 Å². The predicted molar refractivity (Wildman–Crippen MR) is 92.2 cm³/mol. The number of hydrogen-bond acceptors (Lipinski definition) is 4. The van der Waals surface area contributed by atoms with Crippen LogP contribution in [0.2, 0.25) is 0 Å². The summed E-state index contributed by atoms with van der Waals surface area (Å²) in [6, 6.07) is 7.26. The number of azo groups is 1. The molecule has 128 valence electrons. The summed E-state index contributed by atoms with van der Waals surface area (Å²) in [6.45, 7) is 10.1. The van der Waals surface area contributed by atoms with Crippen LogP contribution in [0.4, 0.5) is 0 Å². The minimum absolute atomic E-state index is 0.412. The highest BCUT2D eigenvalue weighted by molar-refractivity contribution is 5.65. The van der Waals surface area contributed by atoms with Crippen molar-refractivity contribution in [3.05, 3.63) is 41.2 Å². The minimum Gasteiger partial charge on any atom is -0.595 e. The summed E-state index contributed by atoms with van der Waals surface area (Å²) >= 11 is 0. The molecule has 5 heteroatoms. The lowest BCUT2D eigenvalue weighted by Gasteiger charge is -2.11. The lowest BCUT2D eigenvalue weighted by Crippen LogP contribution is -2.18. The molecule has 1 aromatic rings. The van der Waals surface area contributed by atoms with Gasteiger partial charge >= 0.3 is 0 Å². The van der Waals surface area contributed by atoms with Gasteiger partial charge in [0.05, 0.1) is 12.7 Å². The van der Waals surface area contributed by atoms with Gasteiger partial charge in [0.15, 0.2) is 0 Å². The van der Waals surface area contributed by atoms with Crippen molar-refractivity contribution < 1.29 is 14.7 Å². The van der Waals surface area contributed by atoms with Crippen LogP contribution in [0.15, 0.2) is 35.6 Å². The van der Waals surface area contributed by atoms with Crippen molar-refractivity contribution in [3.8, 4) is 5.75 Å². The Morgan fingerprint density at radius 2 is 1.87 bits per heavy atom. The molecule has 0 bridgehead atoms. The number of benzene rings is 1. The Kier molecular flexibility index (Phi) is 7.75. The van der Waals surface area contributed by atoms with Gasteiger partial charge in [0.25, 0.3) is 0 Å². The molecular weight excluding hydrogens is 292 g/mol. The zero-order valence-corrected chi connectivity index (χ0v) is 14.7. The first-order valence-corrected chi connectivity index (χ1v) is 8.12. The van der Waals surface area contributed by atoms with Crippen LogP contribution >= 0.6 is 0 Å². The van der Waals surface area contributed by atoms with Gasteiger partial charge in [0, 0.05) is 5.57 Å². The van der Waals surface area contributed by atoms with Crippen molar-refractivity contribution in [3.63, 3.8) is 0 Å². The number of aliphatic hydroxyl groups excluding tert-OH is 1. The highest BCUT2D eigenvalue weighted by Crippen LogP contribution is 2.25. The first kappa shape index (κ1) is 19.2. The number of hydroxylamine groups is 1. The topological polar surface area (TPSA) is 67.9 Å². The van der Waals surface area contributed by atoms with Crippen LogP contribution in [0, 0.1) is 11.1 Å². The van der Waals surface area contributed by atoms with E-state index in [-0.39, 0.29) is 0 Å². The summed E-state index contributed by atoms with van der Waals surface area (Å²) in [5.74, 6) is 1.22. The molecule has 0 saturated carbocycles. The second-order valence-corrected chi connectivity index (χ2v) is 6.11. The van der Waals surface area contributed by atoms with E-state index in [1.807, 2.05) is 31.2 Å². The Bertz CT molecular complexity index is 534. The van der Waals surface area contributed by atoms with Gasteiger partial charge in [-0.05, 0) is 55.9 Å². The highest BCUT2D eigenvalue weighted by Gasteiger charge is 2.13. The normalized spacial score (nSPS) is 15.6. The fourth-order valence-electron chi connectivity index (χ4n) is 2.06. The first-order valence-electron chi connectivity index (χ1n) is 8.12. The van der Waals surface area contributed by atoms with Crippen LogP contribution in [0.25, 0.3) is 5.57 Å². The van der Waals surface area contributed by atoms with E-state index in [4.69, 9.17) is 4.74 Å². The van der Waals surface area contributed by atoms with Crippen molar-refractivity contribution in [2.75, 3.05) is 6.61 Å². The molecule has 0 heterocycles. The van der Waals surface area contributed by atoms with Crippen LogP contribution in [0.5, 0.6) is 5.75 Å². The van der Waals surface area contributed by atoms with Gasteiger partial charge in [-0.15, -0.1) is 0 Å². The number of aliphatic hydroxyl groups is 1. The fraction of sp³-hybridized carbons (Fsp3) is 0.556. The molecule has 23 heavy (non-hydrogen) atoms. The number of rotatable bonds is 8. The number of allylic oxidation sites excluding steroid dienone is 1. The molecule has 0 fully saturated rings. The van der Waals surface area contributed by atoms with Gasteiger partial charge in [-0.1, -0.05) is 30.8 Å². The maximum absolute atomic E-state index is 12.0. The largest absolute Gasteiger partial charge is 0.595 e. The Balaban J connectivity index is 3.05. The average molecular weight is 320 g/mol. The third kappa shape index (κ3) is 6.82. The lowest BCUT2D eigenvalue weighted by molar-refractivity contribution is -0.462. The van der Waals surface area contributed by atoms with E-state index >= 15 is 0 Å². The Labute approximate surface area is 138 Å². The van der Waals surface area contributed by atoms with Gasteiger partial charge in [-0.2, -0.15) is 0 Å². The minimum atomic E-state index is -0.654. The zero-order valence-electron chi connectivity index (χ0n) is 14.7. The number of hydrogen-bond donors (Lipinski definition) is 1. The maximum Gasteiger partial charge on any atom is 0.213 e. The summed E-state index contributed by atoms with van der Waals surface area (Å²) in [4.78, 5) is 0.561. The molecule has 0 radical (unpaired) electrons. The second-order valence-electron chi connectivity index (χ2n) is 6.11. The van der Waals surface area contributed by atoms with E-state index in [9.17, 15) is 10.3 Å². The van der Waals surface area contributed by atoms with Crippen molar-refractivity contribution in [2.45, 2.75) is 53.2 Å².